The molecule has 0 saturated heterocycles. The van der Waals surface area contributed by atoms with Crippen molar-refractivity contribution in [2.75, 3.05) is 0 Å². The molecule has 0 saturated carbocycles. The largest absolute Gasteiger partial charge is 0.479 e. The number of carbonyl (C=O) groups excluding carboxylic acids is 1. The molecule has 1 atom stereocenters. The number of furan rings is 1. The molecule has 21 heavy (non-hydrogen) atoms. The van der Waals surface area contributed by atoms with E-state index in [0.717, 1.165) is 5.69 Å². The van der Waals surface area contributed by atoms with Crippen LogP contribution in [0.4, 0.5) is 0 Å². The molecule has 0 radical (unpaired) electrons. The van der Waals surface area contributed by atoms with Crippen LogP contribution in [-0.2, 0) is 17.9 Å². The summed E-state index contributed by atoms with van der Waals surface area (Å²) in [4.78, 5) is 16.1. The summed E-state index contributed by atoms with van der Waals surface area (Å²) < 4.78 is 10.7. The first-order chi connectivity index (χ1) is 10.1. The number of nitrogens with zero attached hydrogens (tertiary/aromatic N) is 1. The van der Waals surface area contributed by atoms with Gasteiger partial charge >= 0.3 is 0 Å². The summed E-state index contributed by atoms with van der Waals surface area (Å²) in [5.41, 5.74) is 1.20. The Hall–Kier alpha value is -2.34. The van der Waals surface area contributed by atoms with Gasteiger partial charge in [0.25, 0.3) is 5.91 Å². The van der Waals surface area contributed by atoms with Crippen LogP contribution in [-0.4, -0.2) is 22.1 Å². The summed E-state index contributed by atoms with van der Waals surface area (Å²) in [5.74, 6) is 0.809. The minimum atomic E-state index is -0.699. The van der Waals surface area contributed by atoms with Crippen LogP contribution >= 0.6 is 0 Å². The lowest BCUT2D eigenvalue weighted by Gasteiger charge is -2.16. The standard InChI is InChI=1S/C15H18N2O4/c1-10-5-6-14(13(9-18)17-10)21-11(2)15(19)16-8-12-4-3-7-20-12/h3-7,11,18H,8-9H2,1-2H3,(H,16,19). The number of nitrogens with one attached hydrogen (secondary N) is 1. The molecule has 2 aromatic heterocycles. The van der Waals surface area contributed by atoms with Gasteiger partial charge in [0.05, 0.1) is 19.4 Å². The maximum Gasteiger partial charge on any atom is 0.261 e. The molecule has 0 aliphatic carbocycles. The average Bonchev–Trinajstić information content (AvgIpc) is 2.99. The Kier molecular flexibility index (Phi) is 4.94. The number of aliphatic hydroxyl groups is 1. The molecule has 0 aliphatic heterocycles. The maximum atomic E-state index is 11.9. The molecule has 112 valence electrons. The highest BCUT2D eigenvalue weighted by Crippen LogP contribution is 2.18. The zero-order chi connectivity index (χ0) is 15.2. The summed E-state index contributed by atoms with van der Waals surface area (Å²) in [5, 5.41) is 12.0. The molecule has 2 N–H and O–H groups in total. The van der Waals surface area contributed by atoms with Crippen molar-refractivity contribution in [3.05, 3.63) is 47.7 Å². The smallest absolute Gasteiger partial charge is 0.261 e. The van der Waals surface area contributed by atoms with Crippen LogP contribution in [0.2, 0.25) is 0 Å². The van der Waals surface area contributed by atoms with E-state index < -0.39 is 6.10 Å². The lowest BCUT2D eigenvalue weighted by atomic mass is 10.3. The molecule has 0 spiro atoms. The third-order valence-electron chi connectivity index (χ3n) is 2.91. The zero-order valence-electron chi connectivity index (χ0n) is 12.0. The molecule has 1 amide bonds. The molecular weight excluding hydrogens is 272 g/mol. The number of carbonyl (C=O) groups is 1. The molecule has 2 rings (SSSR count). The van der Waals surface area contributed by atoms with Crippen molar-refractivity contribution < 1.29 is 19.1 Å². The molecule has 2 heterocycles. The predicted molar refractivity (Wildman–Crippen MR) is 75.5 cm³/mol. The van der Waals surface area contributed by atoms with Gasteiger partial charge in [-0.2, -0.15) is 0 Å². The predicted octanol–water partition coefficient (Wildman–Crippen LogP) is 1.56. The van der Waals surface area contributed by atoms with E-state index in [1.165, 1.54) is 0 Å². The Balaban J connectivity index is 1.94. The SMILES string of the molecule is Cc1ccc(OC(C)C(=O)NCc2ccco2)c(CO)n1. The van der Waals surface area contributed by atoms with E-state index in [1.54, 1.807) is 37.5 Å². The van der Waals surface area contributed by atoms with Crippen LogP contribution in [0.25, 0.3) is 0 Å². The van der Waals surface area contributed by atoms with E-state index in [1.807, 2.05) is 6.92 Å². The molecule has 0 aromatic carbocycles. The average molecular weight is 290 g/mol. The first kappa shape index (κ1) is 15.1. The van der Waals surface area contributed by atoms with Gasteiger partial charge in [-0.1, -0.05) is 0 Å². The fourth-order valence-corrected chi connectivity index (χ4v) is 1.79. The minimum Gasteiger partial charge on any atom is -0.479 e. The Bertz CT molecular complexity index is 596. The number of hydrogen-bond donors (Lipinski definition) is 2. The summed E-state index contributed by atoms with van der Waals surface area (Å²) in [7, 11) is 0. The summed E-state index contributed by atoms with van der Waals surface area (Å²) in [6, 6.07) is 7.00. The van der Waals surface area contributed by atoms with Gasteiger partial charge < -0.3 is 19.6 Å². The second-order valence-electron chi connectivity index (χ2n) is 4.61. The van der Waals surface area contributed by atoms with Gasteiger partial charge in [0.15, 0.2) is 6.10 Å². The topological polar surface area (TPSA) is 84.6 Å². The maximum absolute atomic E-state index is 11.9. The molecule has 0 fully saturated rings. The van der Waals surface area contributed by atoms with Gasteiger partial charge in [0, 0.05) is 5.69 Å². The molecule has 1 unspecified atom stereocenters. The van der Waals surface area contributed by atoms with Crippen molar-refractivity contribution in [1.82, 2.24) is 10.3 Å². The van der Waals surface area contributed by atoms with Crippen molar-refractivity contribution in [1.29, 1.82) is 0 Å². The highest BCUT2D eigenvalue weighted by Gasteiger charge is 2.17. The monoisotopic (exact) mass is 290 g/mol. The summed E-state index contributed by atoms with van der Waals surface area (Å²) >= 11 is 0. The molecule has 6 heteroatoms. The van der Waals surface area contributed by atoms with E-state index in [9.17, 15) is 9.90 Å². The Morgan fingerprint density at radius 2 is 2.29 bits per heavy atom. The highest BCUT2D eigenvalue weighted by atomic mass is 16.5. The molecule has 0 aliphatic rings. The second kappa shape index (κ2) is 6.90. The first-order valence-electron chi connectivity index (χ1n) is 6.64. The van der Waals surface area contributed by atoms with Crippen molar-refractivity contribution in [2.24, 2.45) is 0 Å². The molecule has 0 bridgehead atoms. The summed E-state index contributed by atoms with van der Waals surface area (Å²) in [6.45, 7) is 3.53. The fourth-order valence-electron chi connectivity index (χ4n) is 1.79. The van der Waals surface area contributed by atoms with Crippen molar-refractivity contribution in [3.63, 3.8) is 0 Å². The number of aryl methyl sites for hydroxylation is 1. The summed E-state index contributed by atoms with van der Waals surface area (Å²) in [6.07, 6.45) is 0.849. The Morgan fingerprint density at radius 1 is 1.48 bits per heavy atom. The van der Waals surface area contributed by atoms with Crippen LogP contribution in [0, 0.1) is 6.92 Å². The van der Waals surface area contributed by atoms with Gasteiger partial charge in [-0.15, -0.1) is 0 Å². The first-order valence-corrected chi connectivity index (χ1v) is 6.64. The number of hydrogen-bond acceptors (Lipinski definition) is 5. The van der Waals surface area contributed by atoms with Crippen LogP contribution < -0.4 is 10.1 Å². The lowest BCUT2D eigenvalue weighted by molar-refractivity contribution is -0.127. The number of pyridine rings is 1. The van der Waals surface area contributed by atoms with E-state index >= 15 is 0 Å². The van der Waals surface area contributed by atoms with Gasteiger partial charge in [-0.3, -0.25) is 9.78 Å². The van der Waals surface area contributed by atoms with Crippen LogP contribution in [0.5, 0.6) is 5.75 Å². The molecular formula is C15H18N2O4. The van der Waals surface area contributed by atoms with Crippen LogP contribution in [0.15, 0.2) is 34.9 Å². The normalized spacial score (nSPS) is 12.0. The molecule has 6 nitrogen and oxygen atoms in total. The van der Waals surface area contributed by atoms with Gasteiger partial charge in [0.2, 0.25) is 0 Å². The number of amides is 1. The van der Waals surface area contributed by atoms with E-state index in [2.05, 4.69) is 10.3 Å². The second-order valence-corrected chi connectivity index (χ2v) is 4.61. The number of aromatic nitrogens is 1. The Labute approximate surface area is 122 Å². The van der Waals surface area contributed by atoms with E-state index in [0.29, 0.717) is 23.7 Å². The molecule has 2 aromatic rings. The number of rotatable bonds is 6. The zero-order valence-corrected chi connectivity index (χ0v) is 12.0. The third-order valence-corrected chi connectivity index (χ3v) is 2.91. The van der Waals surface area contributed by atoms with Crippen molar-refractivity contribution in [2.45, 2.75) is 33.1 Å². The van der Waals surface area contributed by atoms with Gasteiger partial charge in [0.1, 0.15) is 17.2 Å². The Morgan fingerprint density at radius 3 is 2.95 bits per heavy atom. The highest BCUT2D eigenvalue weighted by molar-refractivity contribution is 5.80. The van der Waals surface area contributed by atoms with Crippen LogP contribution in [0.1, 0.15) is 24.1 Å². The fraction of sp³-hybridized carbons (Fsp3) is 0.333. The third kappa shape index (κ3) is 4.06. The quantitative estimate of drug-likeness (QED) is 0.843. The van der Waals surface area contributed by atoms with Crippen molar-refractivity contribution >= 4 is 5.91 Å². The number of ether oxygens (including phenoxy) is 1. The lowest BCUT2D eigenvalue weighted by Crippen LogP contribution is -2.36. The van der Waals surface area contributed by atoms with E-state index in [-0.39, 0.29) is 12.5 Å². The van der Waals surface area contributed by atoms with Crippen molar-refractivity contribution in [3.8, 4) is 5.75 Å². The minimum absolute atomic E-state index is 0.238. The van der Waals surface area contributed by atoms with E-state index in [4.69, 9.17) is 9.15 Å². The van der Waals surface area contributed by atoms with Crippen LogP contribution in [0.3, 0.4) is 0 Å². The van der Waals surface area contributed by atoms with Gasteiger partial charge in [-0.25, -0.2) is 0 Å². The number of aliphatic hydroxyl groups excluding tert-OH is 1. The van der Waals surface area contributed by atoms with Gasteiger partial charge in [-0.05, 0) is 38.1 Å².